The molecule has 220 valence electrons. The summed E-state index contributed by atoms with van der Waals surface area (Å²) in [5, 5.41) is 74.2. The van der Waals surface area contributed by atoms with E-state index in [1.165, 1.54) is 18.2 Å². The lowest BCUT2D eigenvalue weighted by molar-refractivity contribution is -0.140. The van der Waals surface area contributed by atoms with Crippen LogP contribution in [0.1, 0.15) is 29.3 Å². The fourth-order valence-corrected chi connectivity index (χ4v) is 4.32. The predicted octanol–water partition coefficient (Wildman–Crippen LogP) is -1.47. The number of phenolic OH excluding ortho intramolecular Hbond substituents is 1. The Morgan fingerprint density at radius 1 is 1.12 bits per heavy atom. The van der Waals surface area contributed by atoms with Gasteiger partial charge in [0.15, 0.2) is 5.96 Å². The van der Waals surface area contributed by atoms with Crippen LogP contribution >= 0.6 is 0 Å². The number of anilines is 1. The summed E-state index contributed by atoms with van der Waals surface area (Å²) in [5.74, 6) is -1.73. The second kappa shape index (κ2) is 13.4. The monoisotopic (exact) mass is 571 g/mol. The third-order valence-electron chi connectivity index (χ3n) is 6.38. The molecular weight excluding hydrogens is 538 g/mol. The van der Waals surface area contributed by atoms with Gasteiger partial charge in [-0.25, -0.2) is 0 Å². The number of carboxylic acid groups (broad SMARTS) is 1. The van der Waals surface area contributed by atoms with Gasteiger partial charge in [-0.15, -0.1) is 0 Å². The zero-order valence-electron chi connectivity index (χ0n) is 21.8. The van der Waals surface area contributed by atoms with Crippen molar-refractivity contribution in [2.75, 3.05) is 31.5 Å². The number of fused-ring (bicyclic) bond motifs is 1. The zero-order chi connectivity index (χ0) is 29.5. The van der Waals surface area contributed by atoms with Crippen molar-refractivity contribution in [1.82, 2.24) is 26.3 Å². The number of nitrogens with one attached hydrogen (secondary N) is 6. The van der Waals surface area contributed by atoms with Crippen molar-refractivity contribution in [3.05, 3.63) is 59.3 Å². The van der Waals surface area contributed by atoms with Gasteiger partial charge in [-0.3, -0.25) is 25.2 Å². The number of aliphatic hydroxyl groups excluding tert-OH is 4. The van der Waals surface area contributed by atoms with Gasteiger partial charge in [0.05, 0.1) is 31.5 Å². The van der Waals surface area contributed by atoms with Gasteiger partial charge >= 0.3 is 5.97 Å². The number of aromatic hydroxyl groups is 1. The number of para-hydroxylation sites is 1. The molecule has 41 heavy (non-hydrogen) atoms. The Bertz CT molecular complexity index is 1410. The number of aromatic amines is 1. The number of nitrogens with zero attached hydrogens (tertiary/aromatic N) is 1. The quantitative estimate of drug-likeness (QED) is 0.111. The highest BCUT2D eigenvalue weighted by Gasteiger charge is 2.25. The molecule has 0 spiro atoms. The van der Waals surface area contributed by atoms with Crippen molar-refractivity contribution in [2.24, 2.45) is 4.99 Å². The third kappa shape index (κ3) is 7.69. The molecular formula is C26H33N7O8. The number of hydrogen-bond acceptors (Lipinski definition) is 12. The van der Waals surface area contributed by atoms with Crippen molar-refractivity contribution in [3.63, 3.8) is 0 Å². The molecule has 1 aliphatic heterocycles. The second-order valence-electron chi connectivity index (χ2n) is 9.43. The van der Waals surface area contributed by atoms with E-state index < -0.39 is 43.0 Å². The third-order valence-corrected chi connectivity index (χ3v) is 6.38. The van der Waals surface area contributed by atoms with E-state index in [4.69, 9.17) is 0 Å². The average Bonchev–Trinajstić information content (AvgIpc) is 3.33. The van der Waals surface area contributed by atoms with E-state index in [1.807, 2.05) is 0 Å². The minimum Gasteiger partial charge on any atom is -0.508 e. The molecule has 0 bridgehead atoms. The van der Waals surface area contributed by atoms with Gasteiger partial charge in [-0.1, -0.05) is 18.2 Å². The molecule has 0 radical (unpaired) electrons. The number of rotatable bonds is 12. The first-order valence-electron chi connectivity index (χ1n) is 12.8. The van der Waals surface area contributed by atoms with Crippen LogP contribution < -0.4 is 26.6 Å². The maximum absolute atomic E-state index is 12.4. The molecule has 1 aliphatic rings. The summed E-state index contributed by atoms with van der Waals surface area (Å²) in [6, 6.07) is 9.92. The standard InChI is InChI=1S/C26H33N7O8/c34-12-18-17-3-1-2-4-19(17)32-22(18)24(39)33-20(25(40)41)10-27-21(37)11-28-23(38)13-5-14(7-15(35)6-13)31-26-29-8-16(36)9-30-26/h1-7,16,20,23-24,28,32-36,38-39H,8-12H2,(H,27,37)(H,40,41)(H2,29,30,31)/t20-,23?,24?/m0/s1. The number of guanidine groups is 1. The molecule has 0 fully saturated rings. The Labute approximate surface area is 233 Å². The number of amides is 1. The van der Waals surface area contributed by atoms with E-state index in [0.717, 1.165) is 0 Å². The van der Waals surface area contributed by atoms with Crippen LogP contribution in [0.3, 0.4) is 0 Å². The Kier molecular flexibility index (Phi) is 9.72. The number of H-pyrrole nitrogens is 1. The van der Waals surface area contributed by atoms with Gasteiger partial charge in [0.2, 0.25) is 5.91 Å². The fourth-order valence-electron chi connectivity index (χ4n) is 4.32. The Hall–Kier alpha value is -4.25. The number of phenols is 1. The number of aromatic nitrogens is 1. The van der Waals surface area contributed by atoms with Crippen LogP contribution in [0.25, 0.3) is 10.9 Å². The number of carbonyl (C=O) groups is 2. The van der Waals surface area contributed by atoms with Crippen LogP contribution in [0.5, 0.6) is 5.75 Å². The highest BCUT2D eigenvalue weighted by molar-refractivity contribution is 5.94. The largest absolute Gasteiger partial charge is 0.508 e. The van der Waals surface area contributed by atoms with Crippen molar-refractivity contribution in [1.29, 1.82) is 0 Å². The lowest BCUT2D eigenvalue weighted by Gasteiger charge is -2.21. The molecule has 0 saturated carbocycles. The number of β-amino-alcohol motifs (C(OH)–C–C–N with tert-alkyl or cyclic N) is 1. The molecule has 4 rings (SSSR count). The first-order valence-corrected chi connectivity index (χ1v) is 12.8. The molecule has 15 nitrogen and oxygen atoms in total. The van der Waals surface area contributed by atoms with Crippen molar-refractivity contribution >= 4 is 34.4 Å². The van der Waals surface area contributed by atoms with Gasteiger partial charge < -0.3 is 51.6 Å². The van der Waals surface area contributed by atoms with E-state index in [1.54, 1.807) is 24.3 Å². The van der Waals surface area contributed by atoms with Crippen LogP contribution in [0.15, 0.2) is 47.5 Å². The summed E-state index contributed by atoms with van der Waals surface area (Å²) >= 11 is 0. The van der Waals surface area contributed by atoms with Crippen molar-refractivity contribution in [3.8, 4) is 5.75 Å². The zero-order valence-corrected chi connectivity index (χ0v) is 21.8. The molecule has 0 saturated heterocycles. The van der Waals surface area contributed by atoms with E-state index >= 15 is 0 Å². The van der Waals surface area contributed by atoms with Crippen molar-refractivity contribution in [2.45, 2.75) is 31.2 Å². The molecule has 3 unspecified atom stereocenters. The Morgan fingerprint density at radius 2 is 1.90 bits per heavy atom. The summed E-state index contributed by atoms with van der Waals surface area (Å²) < 4.78 is 0. The number of carbonyl (C=O) groups excluding carboxylic acids is 1. The maximum Gasteiger partial charge on any atom is 0.322 e. The molecule has 0 aliphatic carbocycles. The van der Waals surface area contributed by atoms with Crippen LogP contribution in [-0.4, -0.2) is 91.8 Å². The number of hydrogen-bond donors (Lipinski definition) is 12. The molecule has 1 amide bonds. The number of aliphatic hydroxyl groups is 4. The highest BCUT2D eigenvalue weighted by atomic mass is 16.4. The molecule has 12 N–H and O–H groups in total. The number of carboxylic acids is 1. The minimum absolute atomic E-state index is 0.153. The fraction of sp³-hybridized carbons (Fsp3) is 0.346. The lowest BCUT2D eigenvalue weighted by atomic mass is 10.1. The first-order chi connectivity index (χ1) is 19.6. The van der Waals surface area contributed by atoms with E-state index in [2.05, 4.69) is 36.6 Å². The molecule has 3 aromatic rings. The maximum atomic E-state index is 12.4. The number of aliphatic carboxylic acids is 1. The molecule has 2 heterocycles. The predicted molar refractivity (Wildman–Crippen MR) is 148 cm³/mol. The summed E-state index contributed by atoms with van der Waals surface area (Å²) in [6.45, 7) is -0.642. The summed E-state index contributed by atoms with van der Waals surface area (Å²) in [7, 11) is 0. The van der Waals surface area contributed by atoms with Crippen LogP contribution in [0.4, 0.5) is 5.69 Å². The minimum atomic E-state index is -1.48. The topological polar surface area (TPSA) is 244 Å². The summed E-state index contributed by atoms with van der Waals surface area (Å²) in [4.78, 5) is 31.3. The first kappa shape index (κ1) is 29.7. The lowest BCUT2D eigenvalue weighted by Crippen LogP contribution is -2.49. The smallest absolute Gasteiger partial charge is 0.322 e. The summed E-state index contributed by atoms with van der Waals surface area (Å²) in [6.07, 6.45) is -3.43. The SMILES string of the molecule is O=C(CNC(O)c1cc(O)cc(NC2=NCC(O)CN2)c1)NC[C@H](NC(O)c1[nH]c2ccccc2c1CO)C(=O)O. The second-order valence-corrected chi connectivity index (χ2v) is 9.43. The normalized spacial score (nSPS) is 17.3. The Balaban J connectivity index is 1.30. The van der Waals surface area contributed by atoms with Gasteiger partial charge in [-0.2, -0.15) is 0 Å². The van der Waals surface area contributed by atoms with Crippen LogP contribution in [-0.2, 0) is 16.2 Å². The van der Waals surface area contributed by atoms with Crippen LogP contribution in [0.2, 0.25) is 0 Å². The molecule has 2 aromatic carbocycles. The summed E-state index contributed by atoms with van der Waals surface area (Å²) in [5.41, 5.74) is 1.93. The number of aliphatic imine (C=N–C) groups is 1. The molecule has 15 heteroatoms. The Morgan fingerprint density at radius 3 is 2.61 bits per heavy atom. The molecule has 4 atom stereocenters. The van der Waals surface area contributed by atoms with Crippen LogP contribution in [0, 0.1) is 0 Å². The van der Waals surface area contributed by atoms with Gasteiger partial charge in [0.25, 0.3) is 0 Å². The highest BCUT2D eigenvalue weighted by Crippen LogP contribution is 2.26. The van der Waals surface area contributed by atoms with E-state index in [9.17, 15) is 40.2 Å². The average molecular weight is 572 g/mol. The molecule has 1 aromatic heterocycles. The van der Waals surface area contributed by atoms with E-state index in [-0.39, 0.29) is 36.7 Å². The van der Waals surface area contributed by atoms with Gasteiger partial charge in [0.1, 0.15) is 24.2 Å². The van der Waals surface area contributed by atoms with Gasteiger partial charge in [-0.05, 0) is 18.2 Å². The number of benzene rings is 2. The van der Waals surface area contributed by atoms with E-state index in [0.29, 0.717) is 34.7 Å². The van der Waals surface area contributed by atoms with Gasteiger partial charge in [0, 0.05) is 46.9 Å². The van der Waals surface area contributed by atoms with Crippen molar-refractivity contribution < 1.29 is 40.2 Å².